The number of nitrogens with zero attached hydrogens (tertiary/aromatic N) is 1. The molecule has 35 heavy (non-hydrogen) atoms. The lowest BCUT2D eigenvalue weighted by molar-refractivity contribution is 0.221. The van der Waals surface area contributed by atoms with E-state index in [4.69, 9.17) is 37.7 Å². The maximum atomic E-state index is 14.1. The Balaban J connectivity index is 2.40. The van der Waals surface area contributed by atoms with E-state index in [0.717, 1.165) is 4.31 Å². The fourth-order valence-corrected chi connectivity index (χ4v) is 7.94. The fourth-order valence-electron chi connectivity index (χ4n) is 3.53. The number of anilines is 1. The monoisotopic (exact) mass is 559 g/mol. The van der Waals surface area contributed by atoms with E-state index in [1.54, 1.807) is 49.7 Å². The van der Waals surface area contributed by atoms with Crippen molar-refractivity contribution in [2.75, 3.05) is 23.8 Å². The van der Waals surface area contributed by atoms with Crippen molar-refractivity contribution >= 4 is 63.1 Å². The Labute approximate surface area is 213 Å². The number of benzene rings is 3. The van der Waals surface area contributed by atoms with Crippen molar-refractivity contribution in [1.29, 1.82) is 5.41 Å². The highest BCUT2D eigenvalue weighted by Crippen LogP contribution is 2.51. The van der Waals surface area contributed by atoms with E-state index in [2.05, 4.69) is 0 Å². The number of amidine groups is 1. The van der Waals surface area contributed by atoms with Gasteiger partial charge in [-0.05, 0) is 43.5 Å². The van der Waals surface area contributed by atoms with Crippen LogP contribution in [-0.2, 0) is 23.6 Å². The summed E-state index contributed by atoms with van der Waals surface area (Å²) >= 11 is 12.2. The molecule has 3 aromatic rings. The summed E-state index contributed by atoms with van der Waals surface area (Å²) in [5.74, 6) is -0.474. The Kier molecular flexibility index (Phi) is 8.82. The van der Waals surface area contributed by atoms with E-state index in [1.807, 2.05) is 0 Å². The van der Waals surface area contributed by atoms with Crippen molar-refractivity contribution in [1.82, 2.24) is 5.48 Å². The molecule has 0 aliphatic rings. The van der Waals surface area contributed by atoms with E-state index in [1.165, 1.54) is 24.3 Å². The summed E-state index contributed by atoms with van der Waals surface area (Å²) in [4.78, 5) is -0.267. The first-order valence-electron chi connectivity index (χ1n) is 10.4. The number of fused-ring (bicyclic) bond motifs is 1. The summed E-state index contributed by atoms with van der Waals surface area (Å²) in [5.41, 5.74) is 1.77. The molecule has 0 bridgehead atoms. The lowest BCUT2D eigenvalue weighted by Gasteiger charge is -2.30. The summed E-state index contributed by atoms with van der Waals surface area (Å²) in [6.07, 6.45) is -0.707. The summed E-state index contributed by atoms with van der Waals surface area (Å²) in [6, 6.07) is 13.8. The van der Waals surface area contributed by atoms with Crippen LogP contribution in [0.25, 0.3) is 10.8 Å². The second kappa shape index (κ2) is 11.3. The van der Waals surface area contributed by atoms with Crippen LogP contribution in [0.5, 0.6) is 0 Å². The van der Waals surface area contributed by atoms with Crippen LogP contribution in [0.1, 0.15) is 19.4 Å². The molecule has 9 nitrogen and oxygen atoms in total. The normalized spacial score (nSPS) is 12.0. The van der Waals surface area contributed by atoms with Crippen molar-refractivity contribution in [3.8, 4) is 0 Å². The minimum atomic E-state index is -4.50. The Morgan fingerprint density at radius 1 is 1.06 bits per heavy atom. The minimum absolute atomic E-state index is 0.00453. The molecule has 0 amide bonds. The first-order valence-corrected chi connectivity index (χ1v) is 14.4. The van der Waals surface area contributed by atoms with Gasteiger partial charge in [0.1, 0.15) is 6.29 Å². The van der Waals surface area contributed by atoms with Crippen LogP contribution in [0.3, 0.4) is 0 Å². The molecular formula is C22H24Cl2N3O6PS. The molecule has 0 spiro atoms. The molecule has 0 aliphatic carbocycles. The molecule has 0 heterocycles. The number of rotatable bonds is 10. The molecule has 0 aliphatic heterocycles. The molecule has 3 N–H and O–H groups in total. The largest absolute Gasteiger partial charge is 0.350 e. The van der Waals surface area contributed by atoms with Crippen LogP contribution < -0.4 is 9.79 Å². The van der Waals surface area contributed by atoms with E-state index in [-0.39, 0.29) is 39.4 Å². The number of hydrogen-bond donors (Lipinski definition) is 3. The molecule has 3 rings (SSSR count). The van der Waals surface area contributed by atoms with Crippen molar-refractivity contribution < 1.29 is 27.2 Å². The van der Waals surface area contributed by atoms with Crippen molar-refractivity contribution in [2.45, 2.75) is 18.7 Å². The highest BCUT2D eigenvalue weighted by atomic mass is 35.5. The molecule has 0 atom stereocenters. The second-order valence-electron chi connectivity index (χ2n) is 7.22. The molecule has 0 fully saturated rings. The van der Waals surface area contributed by atoms with Gasteiger partial charge in [0.25, 0.3) is 10.0 Å². The van der Waals surface area contributed by atoms with Crippen LogP contribution >= 0.6 is 30.8 Å². The Morgan fingerprint density at radius 2 is 1.66 bits per heavy atom. The molecule has 3 aromatic carbocycles. The van der Waals surface area contributed by atoms with Crippen LogP contribution in [0, 0.1) is 5.41 Å². The van der Waals surface area contributed by atoms with Gasteiger partial charge in [-0.1, -0.05) is 53.5 Å². The van der Waals surface area contributed by atoms with E-state index < -0.39 is 29.7 Å². The third-order valence-corrected chi connectivity index (χ3v) is 9.19. The minimum Gasteiger partial charge on any atom is -0.308 e. The van der Waals surface area contributed by atoms with Crippen LogP contribution in [-0.4, -0.2) is 39.0 Å². The lowest BCUT2D eigenvalue weighted by Crippen LogP contribution is -2.35. The van der Waals surface area contributed by atoms with Gasteiger partial charge < -0.3 is 9.05 Å². The number of sulfonamides is 1. The maximum absolute atomic E-state index is 14.1. The smallest absolute Gasteiger partial charge is 0.308 e. The quantitative estimate of drug-likeness (QED) is 0.122. The zero-order valence-electron chi connectivity index (χ0n) is 18.9. The van der Waals surface area contributed by atoms with E-state index in [9.17, 15) is 18.2 Å². The zero-order valence-corrected chi connectivity index (χ0v) is 22.1. The molecule has 0 saturated heterocycles. The Bertz CT molecular complexity index is 1370. The number of hydroxylamine groups is 1. The van der Waals surface area contributed by atoms with Gasteiger partial charge in [-0.3, -0.25) is 25.0 Å². The van der Waals surface area contributed by atoms with Gasteiger partial charge in [0.05, 0.1) is 23.8 Å². The van der Waals surface area contributed by atoms with Gasteiger partial charge in [-0.15, -0.1) is 0 Å². The van der Waals surface area contributed by atoms with Crippen LogP contribution in [0.2, 0.25) is 10.0 Å². The van der Waals surface area contributed by atoms with Gasteiger partial charge >= 0.3 is 7.60 Å². The molecule has 0 radical (unpaired) electrons. The Hall–Kier alpha value is -2.17. The SMILES string of the molecule is CCOP(=O)(CN(c1c(C(=N)NO)ccc2ccccc12)S(=O)(=O)c1cc(Cl)cc(Cl)c1)OCC. The predicted molar refractivity (Wildman–Crippen MR) is 138 cm³/mol. The molecule has 0 saturated carbocycles. The molecule has 0 unspecified atom stereocenters. The van der Waals surface area contributed by atoms with E-state index in [0.29, 0.717) is 10.8 Å². The molecule has 188 valence electrons. The highest BCUT2D eigenvalue weighted by Gasteiger charge is 2.37. The number of halogens is 2. The lowest BCUT2D eigenvalue weighted by atomic mass is 10.0. The maximum Gasteiger partial charge on any atom is 0.350 e. The average Bonchev–Trinajstić information content (AvgIpc) is 2.81. The zero-order chi connectivity index (χ0) is 25.8. The number of hydrogen-bond acceptors (Lipinski definition) is 7. The first-order chi connectivity index (χ1) is 16.6. The van der Waals surface area contributed by atoms with Crippen LogP contribution in [0.15, 0.2) is 59.5 Å². The van der Waals surface area contributed by atoms with Gasteiger partial charge in [-0.2, -0.15) is 0 Å². The highest BCUT2D eigenvalue weighted by molar-refractivity contribution is 7.93. The van der Waals surface area contributed by atoms with Gasteiger partial charge in [0.2, 0.25) is 0 Å². The summed E-state index contributed by atoms with van der Waals surface area (Å²) in [5, 5.41) is 18.9. The summed E-state index contributed by atoms with van der Waals surface area (Å²) in [6.45, 7) is 3.22. The third kappa shape index (κ3) is 5.98. The first kappa shape index (κ1) is 27.4. The summed E-state index contributed by atoms with van der Waals surface area (Å²) in [7, 11) is -8.49. The predicted octanol–water partition coefficient (Wildman–Crippen LogP) is 5.87. The van der Waals surface area contributed by atoms with Gasteiger partial charge in [0, 0.05) is 21.0 Å². The molecule has 0 aromatic heterocycles. The number of nitrogens with one attached hydrogen (secondary N) is 2. The van der Waals surface area contributed by atoms with E-state index >= 15 is 0 Å². The topological polar surface area (TPSA) is 129 Å². The van der Waals surface area contributed by atoms with Crippen molar-refractivity contribution in [3.05, 3.63) is 70.2 Å². The Morgan fingerprint density at radius 3 is 2.23 bits per heavy atom. The standard InChI is InChI=1S/C22H24Cl2N3O6PS/c1-3-32-34(29,33-4-2)14-27(35(30,31)18-12-16(23)11-17(24)13-18)21-19-8-6-5-7-15(19)9-10-20(21)22(25)26-28/h5-13,28H,3-4,14H2,1-2H3,(H2,25,26). The summed E-state index contributed by atoms with van der Waals surface area (Å²) < 4.78 is 53.3. The molecular weight excluding hydrogens is 536 g/mol. The average molecular weight is 560 g/mol. The van der Waals surface area contributed by atoms with Gasteiger partial charge in [0.15, 0.2) is 5.84 Å². The fraction of sp³-hybridized carbons (Fsp3) is 0.227. The van der Waals surface area contributed by atoms with Crippen molar-refractivity contribution in [2.24, 2.45) is 0 Å². The molecule has 13 heteroatoms. The third-order valence-electron chi connectivity index (χ3n) is 4.91. The van der Waals surface area contributed by atoms with Crippen LogP contribution in [0.4, 0.5) is 5.69 Å². The second-order valence-corrected chi connectivity index (χ2v) is 12.0. The van der Waals surface area contributed by atoms with Crippen molar-refractivity contribution in [3.63, 3.8) is 0 Å². The van der Waals surface area contributed by atoms with Gasteiger partial charge in [-0.25, -0.2) is 8.42 Å².